The van der Waals surface area contributed by atoms with Crippen LogP contribution in [-0.2, 0) is 14.3 Å². The van der Waals surface area contributed by atoms with Crippen LogP contribution < -0.4 is 19.6 Å². The maximum atomic E-state index is 13.5. The van der Waals surface area contributed by atoms with Gasteiger partial charge in [0.05, 0.1) is 29.0 Å². The lowest BCUT2D eigenvalue weighted by Gasteiger charge is -2.24. The topological polar surface area (TPSA) is 87.0 Å². The summed E-state index contributed by atoms with van der Waals surface area (Å²) in [5.41, 5.74) is 1.60. The number of nitrogens with zero attached hydrogens (tertiary/aromatic N) is 2. The number of hydrogen-bond donors (Lipinski definition) is 0. The molecule has 7 nitrogen and oxygen atoms in total. The summed E-state index contributed by atoms with van der Waals surface area (Å²) in [7, 11) is 1.27. The van der Waals surface area contributed by atoms with Gasteiger partial charge in [-0.1, -0.05) is 52.7 Å². The highest BCUT2D eigenvalue weighted by Gasteiger charge is 2.33. The van der Waals surface area contributed by atoms with E-state index in [1.54, 1.807) is 55.5 Å². The van der Waals surface area contributed by atoms with E-state index in [0.717, 1.165) is 0 Å². The van der Waals surface area contributed by atoms with Crippen LogP contribution >= 0.6 is 34.5 Å². The van der Waals surface area contributed by atoms with Gasteiger partial charge in [0.25, 0.3) is 5.56 Å². The van der Waals surface area contributed by atoms with Crippen LogP contribution in [0.5, 0.6) is 5.75 Å². The number of methoxy groups -OCH3 is 1. The fourth-order valence-electron chi connectivity index (χ4n) is 3.65. The number of allylic oxidation sites excluding steroid dienone is 1. The van der Waals surface area contributed by atoms with Crippen molar-refractivity contribution in [2.75, 3.05) is 7.11 Å². The number of carbonyl (C=O) groups is 2. The molecule has 0 saturated heterocycles. The van der Waals surface area contributed by atoms with Crippen LogP contribution in [0.4, 0.5) is 0 Å². The zero-order valence-electron chi connectivity index (χ0n) is 18.3. The summed E-state index contributed by atoms with van der Waals surface area (Å²) < 4.78 is 11.9. The Morgan fingerprint density at radius 1 is 1.15 bits per heavy atom. The molecule has 0 fully saturated rings. The van der Waals surface area contributed by atoms with Crippen LogP contribution in [0.1, 0.15) is 31.0 Å². The number of hydrogen-bond acceptors (Lipinski definition) is 7. The fourth-order valence-corrected chi connectivity index (χ4v) is 5.15. The van der Waals surface area contributed by atoms with Crippen molar-refractivity contribution in [3.63, 3.8) is 0 Å². The number of benzene rings is 2. The highest BCUT2D eigenvalue weighted by molar-refractivity contribution is 7.07. The van der Waals surface area contributed by atoms with Gasteiger partial charge in [0, 0.05) is 17.0 Å². The molecule has 2 aromatic carbocycles. The van der Waals surface area contributed by atoms with E-state index in [-0.39, 0.29) is 11.1 Å². The molecule has 1 atom stereocenters. The number of thiazole rings is 1. The molecule has 1 aliphatic rings. The summed E-state index contributed by atoms with van der Waals surface area (Å²) in [4.78, 5) is 42.4. The zero-order chi connectivity index (χ0) is 24.6. The van der Waals surface area contributed by atoms with E-state index in [1.807, 2.05) is 0 Å². The summed E-state index contributed by atoms with van der Waals surface area (Å²) in [6.45, 7) is 3.00. The van der Waals surface area contributed by atoms with E-state index in [9.17, 15) is 14.4 Å². The maximum Gasteiger partial charge on any atom is 0.338 e. The van der Waals surface area contributed by atoms with Crippen molar-refractivity contribution < 1.29 is 19.1 Å². The van der Waals surface area contributed by atoms with Gasteiger partial charge in [0.2, 0.25) is 0 Å². The number of fused-ring (bicyclic) bond motifs is 1. The third-order valence-electron chi connectivity index (χ3n) is 5.13. The molecule has 0 radical (unpaired) electrons. The molecule has 174 valence electrons. The molecule has 0 amide bonds. The lowest BCUT2D eigenvalue weighted by atomic mass is 9.96. The van der Waals surface area contributed by atoms with Gasteiger partial charge >= 0.3 is 11.9 Å². The molecule has 1 aromatic heterocycles. The Kier molecular flexibility index (Phi) is 6.74. The summed E-state index contributed by atoms with van der Waals surface area (Å²) in [5.74, 6) is -0.695. The maximum absolute atomic E-state index is 13.5. The molecule has 4 rings (SSSR count). The van der Waals surface area contributed by atoms with Crippen molar-refractivity contribution in [1.29, 1.82) is 0 Å². The molecule has 10 heteroatoms. The van der Waals surface area contributed by atoms with Gasteiger partial charge in [-0.2, -0.15) is 0 Å². The monoisotopic (exact) mass is 516 g/mol. The first kappa shape index (κ1) is 23.9. The van der Waals surface area contributed by atoms with Gasteiger partial charge in [0.1, 0.15) is 5.75 Å². The quantitative estimate of drug-likeness (QED) is 0.390. The zero-order valence-corrected chi connectivity index (χ0v) is 20.6. The Bertz CT molecular complexity index is 1520. The predicted octanol–water partition coefficient (Wildman–Crippen LogP) is 3.64. The molecule has 0 unspecified atom stereocenters. The van der Waals surface area contributed by atoms with Gasteiger partial charge in [-0.05, 0) is 48.4 Å². The van der Waals surface area contributed by atoms with Crippen molar-refractivity contribution in [1.82, 2.24) is 4.57 Å². The Morgan fingerprint density at radius 2 is 1.85 bits per heavy atom. The first-order valence-electron chi connectivity index (χ1n) is 10.0. The Hall–Kier alpha value is -3.20. The Labute approximate surface area is 208 Å². The van der Waals surface area contributed by atoms with Gasteiger partial charge in [-0.25, -0.2) is 9.79 Å². The minimum atomic E-state index is -0.780. The van der Waals surface area contributed by atoms with Crippen molar-refractivity contribution in [3.05, 3.63) is 94.6 Å². The largest absolute Gasteiger partial charge is 0.466 e. The second kappa shape index (κ2) is 9.58. The SMILES string of the molecule is COC(=O)C1=C(C)N=c2s/c(=C\c3ccc(Cl)cc3Cl)c(=O)n2[C@H]1c1ccc(OC(C)=O)cc1. The average Bonchev–Trinajstić information content (AvgIpc) is 3.09. The van der Waals surface area contributed by atoms with Gasteiger partial charge < -0.3 is 9.47 Å². The highest BCUT2D eigenvalue weighted by atomic mass is 35.5. The van der Waals surface area contributed by atoms with Crippen LogP contribution in [0, 0.1) is 0 Å². The van der Waals surface area contributed by atoms with E-state index < -0.39 is 18.0 Å². The van der Waals surface area contributed by atoms with Gasteiger partial charge in [0.15, 0.2) is 4.80 Å². The van der Waals surface area contributed by atoms with Gasteiger partial charge in [-0.15, -0.1) is 0 Å². The molecule has 34 heavy (non-hydrogen) atoms. The number of halogens is 2. The predicted molar refractivity (Wildman–Crippen MR) is 130 cm³/mol. The molecule has 3 aromatic rings. The summed E-state index contributed by atoms with van der Waals surface area (Å²) in [5, 5.41) is 0.890. The van der Waals surface area contributed by atoms with Crippen molar-refractivity contribution in [3.8, 4) is 5.75 Å². The molecule has 0 N–H and O–H groups in total. The van der Waals surface area contributed by atoms with Crippen molar-refractivity contribution >= 4 is 52.6 Å². The standard InChI is InChI=1S/C24H18Cl2N2O5S/c1-12-20(23(31)32-3)21(14-5-8-17(9-6-14)33-13(2)29)28-22(30)19(34-24(28)27-12)10-15-4-7-16(25)11-18(15)26/h4-11,21H,1-3H3/b19-10-/t21-/m0/s1. The molecule has 0 bridgehead atoms. The molecule has 2 heterocycles. The Morgan fingerprint density at radius 3 is 2.47 bits per heavy atom. The summed E-state index contributed by atoms with van der Waals surface area (Å²) in [6.07, 6.45) is 1.67. The van der Waals surface area contributed by atoms with E-state index in [4.69, 9.17) is 32.7 Å². The first-order chi connectivity index (χ1) is 16.2. The summed E-state index contributed by atoms with van der Waals surface area (Å²) >= 11 is 13.5. The third kappa shape index (κ3) is 4.57. The van der Waals surface area contributed by atoms with E-state index in [1.165, 1.54) is 29.9 Å². The minimum Gasteiger partial charge on any atom is -0.466 e. The van der Waals surface area contributed by atoms with E-state index in [0.29, 0.717) is 42.0 Å². The number of esters is 2. The lowest BCUT2D eigenvalue weighted by molar-refractivity contribution is -0.136. The van der Waals surface area contributed by atoms with E-state index in [2.05, 4.69) is 4.99 Å². The molecule has 1 aliphatic heterocycles. The average molecular weight is 517 g/mol. The first-order valence-corrected chi connectivity index (χ1v) is 11.6. The number of rotatable bonds is 4. The normalized spacial score (nSPS) is 15.6. The molecule has 0 saturated carbocycles. The van der Waals surface area contributed by atoms with Crippen LogP contribution in [0.2, 0.25) is 10.0 Å². The van der Waals surface area contributed by atoms with Crippen molar-refractivity contribution in [2.45, 2.75) is 19.9 Å². The molecular weight excluding hydrogens is 499 g/mol. The van der Waals surface area contributed by atoms with Crippen LogP contribution in [0.25, 0.3) is 6.08 Å². The van der Waals surface area contributed by atoms with Crippen LogP contribution in [-0.4, -0.2) is 23.6 Å². The second-order valence-corrected chi connectivity index (χ2v) is 9.25. The highest BCUT2D eigenvalue weighted by Crippen LogP contribution is 2.31. The number of aromatic nitrogens is 1. The third-order valence-corrected chi connectivity index (χ3v) is 6.68. The smallest absolute Gasteiger partial charge is 0.338 e. The summed E-state index contributed by atoms with van der Waals surface area (Å²) in [6, 6.07) is 10.8. The Balaban J connectivity index is 1.92. The van der Waals surface area contributed by atoms with Crippen LogP contribution in [0.15, 0.2) is 63.5 Å². The van der Waals surface area contributed by atoms with E-state index >= 15 is 0 Å². The fraction of sp³-hybridized carbons (Fsp3) is 0.167. The van der Waals surface area contributed by atoms with Crippen molar-refractivity contribution in [2.24, 2.45) is 4.99 Å². The molecule has 0 aliphatic carbocycles. The van der Waals surface area contributed by atoms with Gasteiger partial charge in [-0.3, -0.25) is 14.2 Å². The number of carbonyl (C=O) groups excluding carboxylic acids is 2. The lowest BCUT2D eigenvalue weighted by Crippen LogP contribution is -2.39. The molecule has 0 spiro atoms. The minimum absolute atomic E-state index is 0.242. The van der Waals surface area contributed by atoms with Crippen LogP contribution in [0.3, 0.4) is 0 Å². The second-order valence-electron chi connectivity index (χ2n) is 7.40. The number of ether oxygens (including phenoxy) is 2. The molecular formula is C24H18Cl2N2O5S.